The summed E-state index contributed by atoms with van der Waals surface area (Å²) in [6.07, 6.45) is 2.74. The highest BCUT2D eigenvalue weighted by Crippen LogP contribution is 2.14. The second-order valence-electron chi connectivity index (χ2n) is 4.76. The third-order valence-electron chi connectivity index (χ3n) is 2.98. The van der Waals surface area contributed by atoms with Crippen LogP contribution in [0.5, 0.6) is 0 Å². The molecule has 2 rings (SSSR count). The lowest BCUT2D eigenvalue weighted by Crippen LogP contribution is -2.15. The van der Waals surface area contributed by atoms with Crippen molar-refractivity contribution in [2.24, 2.45) is 0 Å². The zero-order chi connectivity index (χ0) is 17.5. The minimum absolute atomic E-state index is 0.115. The molecule has 6 nitrogen and oxygen atoms in total. The van der Waals surface area contributed by atoms with Crippen molar-refractivity contribution < 1.29 is 9.59 Å². The standard InChI is InChI=1S/C17H13ClN4O2/c1-11(23)12-3-2-4-15(7-12)22-17(24)13(9-19)10-21-16-8-14(18)5-6-20-16/h2-8,10H,1H3,(H,20,21)(H,22,24)/b13-10-. The summed E-state index contributed by atoms with van der Waals surface area (Å²) in [5, 5.41) is 14.9. The van der Waals surface area contributed by atoms with Gasteiger partial charge in [-0.1, -0.05) is 23.7 Å². The van der Waals surface area contributed by atoms with E-state index in [1.165, 1.54) is 19.3 Å². The molecule has 0 unspecified atom stereocenters. The Labute approximate surface area is 143 Å². The molecule has 120 valence electrons. The number of pyridine rings is 1. The van der Waals surface area contributed by atoms with Crippen molar-refractivity contribution in [3.63, 3.8) is 0 Å². The van der Waals surface area contributed by atoms with Crippen LogP contribution in [0.15, 0.2) is 54.4 Å². The molecule has 0 saturated carbocycles. The van der Waals surface area contributed by atoms with Gasteiger partial charge in [-0.2, -0.15) is 5.26 Å². The van der Waals surface area contributed by atoms with Gasteiger partial charge in [0.05, 0.1) is 0 Å². The first-order valence-electron chi connectivity index (χ1n) is 6.90. The number of rotatable bonds is 5. The first-order valence-corrected chi connectivity index (χ1v) is 7.28. The van der Waals surface area contributed by atoms with E-state index in [1.807, 2.05) is 0 Å². The smallest absolute Gasteiger partial charge is 0.267 e. The molecule has 7 heteroatoms. The Hall–Kier alpha value is -3.17. The second kappa shape index (κ2) is 7.90. The molecule has 0 bridgehead atoms. The average molecular weight is 341 g/mol. The van der Waals surface area contributed by atoms with Gasteiger partial charge in [-0.15, -0.1) is 0 Å². The third-order valence-corrected chi connectivity index (χ3v) is 3.21. The molecule has 2 N–H and O–H groups in total. The van der Waals surface area contributed by atoms with Crippen LogP contribution in [0.25, 0.3) is 0 Å². The summed E-state index contributed by atoms with van der Waals surface area (Å²) < 4.78 is 0. The summed E-state index contributed by atoms with van der Waals surface area (Å²) in [7, 11) is 0. The number of Topliss-reactive ketones (excluding diaryl/α,β-unsaturated/α-hetero) is 1. The highest BCUT2D eigenvalue weighted by atomic mass is 35.5. The van der Waals surface area contributed by atoms with Crippen LogP contribution in [0.1, 0.15) is 17.3 Å². The topological polar surface area (TPSA) is 94.9 Å². The molecular weight excluding hydrogens is 328 g/mol. The zero-order valence-electron chi connectivity index (χ0n) is 12.7. The molecular formula is C17H13ClN4O2. The quantitative estimate of drug-likeness (QED) is 0.494. The lowest BCUT2D eigenvalue weighted by atomic mass is 10.1. The molecule has 0 aliphatic carbocycles. The summed E-state index contributed by atoms with van der Waals surface area (Å²) in [5.74, 6) is -0.315. The van der Waals surface area contributed by atoms with Crippen LogP contribution < -0.4 is 10.6 Å². The van der Waals surface area contributed by atoms with E-state index in [1.54, 1.807) is 42.5 Å². The maximum atomic E-state index is 12.1. The molecule has 0 saturated heterocycles. The Bertz CT molecular complexity index is 856. The van der Waals surface area contributed by atoms with Gasteiger partial charge in [0.15, 0.2) is 5.78 Å². The number of amides is 1. The molecule has 0 radical (unpaired) electrons. The summed E-state index contributed by atoms with van der Waals surface area (Å²) in [4.78, 5) is 27.5. The number of anilines is 2. The minimum atomic E-state index is -0.604. The summed E-state index contributed by atoms with van der Waals surface area (Å²) in [6, 6.07) is 11.4. The molecule has 1 aromatic carbocycles. The number of ketones is 1. The molecule has 24 heavy (non-hydrogen) atoms. The molecule has 2 aromatic rings. The molecule has 1 aromatic heterocycles. The minimum Gasteiger partial charge on any atom is -0.345 e. The SMILES string of the molecule is CC(=O)c1cccc(NC(=O)/C(C#N)=C\Nc2cc(Cl)ccn2)c1. The number of aromatic nitrogens is 1. The number of benzene rings is 1. The molecule has 0 spiro atoms. The molecule has 0 atom stereocenters. The van der Waals surface area contributed by atoms with Crippen LogP contribution >= 0.6 is 11.6 Å². The van der Waals surface area contributed by atoms with Crippen LogP contribution in [-0.2, 0) is 4.79 Å². The van der Waals surface area contributed by atoms with Crippen molar-refractivity contribution in [2.45, 2.75) is 6.92 Å². The predicted molar refractivity (Wildman–Crippen MR) is 91.6 cm³/mol. The number of nitriles is 1. The normalized spacial score (nSPS) is 10.6. The van der Waals surface area contributed by atoms with Gasteiger partial charge in [-0.3, -0.25) is 9.59 Å². The van der Waals surface area contributed by atoms with Crippen molar-refractivity contribution in [3.8, 4) is 6.07 Å². The maximum absolute atomic E-state index is 12.1. The summed E-state index contributed by atoms with van der Waals surface area (Å²) in [5.41, 5.74) is 0.747. The summed E-state index contributed by atoms with van der Waals surface area (Å²) in [6.45, 7) is 1.43. The predicted octanol–water partition coefficient (Wildman–Crippen LogP) is 3.40. The number of carbonyl (C=O) groups excluding carboxylic acids is 2. The zero-order valence-corrected chi connectivity index (χ0v) is 13.5. The van der Waals surface area contributed by atoms with Gasteiger partial charge in [0.25, 0.3) is 5.91 Å². The fourth-order valence-corrected chi connectivity index (χ4v) is 1.95. The highest BCUT2D eigenvalue weighted by Gasteiger charge is 2.10. The molecule has 1 heterocycles. The Morgan fingerprint density at radius 3 is 2.75 bits per heavy atom. The first kappa shape index (κ1) is 17.2. The van der Waals surface area contributed by atoms with Crippen molar-refractivity contribution in [3.05, 3.63) is 65.0 Å². The number of nitrogens with zero attached hydrogens (tertiary/aromatic N) is 2. The number of carbonyl (C=O) groups is 2. The van der Waals surface area contributed by atoms with Gasteiger partial charge in [-0.05, 0) is 31.2 Å². The maximum Gasteiger partial charge on any atom is 0.267 e. The third kappa shape index (κ3) is 4.66. The van der Waals surface area contributed by atoms with Crippen molar-refractivity contribution in [1.82, 2.24) is 4.98 Å². The molecule has 0 fully saturated rings. The molecule has 1 amide bonds. The largest absolute Gasteiger partial charge is 0.345 e. The Kier molecular flexibility index (Phi) is 5.66. The van der Waals surface area contributed by atoms with E-state index in [0.717, 1.165) is 0 Å². The van der Waals surface area contributed by atoms with Gasteiger partial charge >= 0.3 is 0 Å². The number of nitrogens with one attached hydrogen (secondary N) is 2. The second-order valence-corrected chi connectivity index (χ2v) is 5.20. The number of halogens is 1. The van der Waals surface area contributed by atoms with Gasteiger partial charge in [0.2, 0.25) is 0 Å². The van der Waals surface area contributed by atoms with Crippen LogP contribution in [0.4, 0.5) is 11.5 Å². The van der Waals surface area contributed by atoms with E-state index in [2.05, 4.69) is 15.6 Å². The Balaban J connectivity index is 2.11. The fraction of sp³-hybridized carbons (Fsp3) is 0.0588. The number of hydrogen-bond acceptors (Lipinski definition) is 5. The van der Waals surface area contributed by atoms with Gasteiger partial charge in [0.1, 0.15) is 17.5 Å². The van der Waals surface area contributed by atoms with Gasteiger partial charge < -0.3 is 10.6 Å². The van der Waals surface area contributed by atoms with Crippen molar-refractivity contribution >= 4 is 34.8 Å². The monoisotopic (exact) mass is 340 g/mol. The highest BCUT2D eigenvalue weighted by molar-refractivity contribution is 6.30. The van der Waals surface area contributed by atoms with Crippen molar-refractivity contribution in [2.75, 3.05) is 10.6 Å². The summed E-state index contributed by atoms with van der Waals surface area (Å²) >= 11 is 5.83. The average Bonchev–Trinajstić information content (AvgIpc) is 2.55. The lowest BCUT2D eigenvalue weighted by Gasteiger charge is -2.06. The van der Waals surface area contributed by atoms with Crippen LogP contribution in [0.3, 0.4) is 0 Å². The van der Waals surface area contributed by atoms with Crippen LogP contribution in [-0.4, -0.2) is 16.7 Å². The van der Waals surface area contributed by atoms with E-state index in [9.17, 15) is 9.59 Å². The van der Waals surface area contributed by atoms with E-state index in [-0.39, 0.29) is 11.4 Å². The van der Waals surface area contributed by atoms with E-state index >= 15 is 0 Å². The van der Waals surface area contributed by atoms with E-state index in [0.29, 0.717) is 22.1 Å². The Morgan fingerprint density at radius 2 is 2.08 bits per heavy atom. The van der Waals surface area contributed by atoms with E-state index in [4.69, 9.17) is 16.9 Å². The molecule has 0 aliphatic rings. The van der Waals surface area contributed by atoms with Crippen LogP contribution in [0, 0.1) is 11.3 Å². The first-order chi connectivity index (χ1) is 11.5. The lowest BCUT2D eigenvalue weighted by molar-refractivity contribution is -0.112. The van der Waals surface area contributed by atoms with Gasteiger partial charge in [0, 0.05) is 28.7 Å². The van der Waals surface area contributed by atoms with E-state index < -0.39 is 5.91 Å². The van der Waals surface area contributed by atoms with Crippen molar-refractivity contribution in [1.29, 1.82) is 5.26 Å². The van der Waals surface area contributed by atoms with Gasteiger partial charge in [-0.25, -0.2) is 4.98 Å². The molecule has 0 aliphatic heterocycles. The Morgan fingerprint density at radius 1 is 1.29 bits per heavy atom. The van der Waals surface area contributed by atoms with Crippen LogP contribution in [0.2, 0.25) is 5.02 Å². The fourth-order valence-electron chi connectivity index (χ4n) is 1.79. The number of hydrogen-bond donors (Lipinski definition) is 2.